The zero-order valence-electron chi connectivity index (χ0n) is 16.4. The van der Waals surface area contributed by atoms with Gasteiger partial charge < -0.3 is 15.4 Å². The zero-order valence-corrected chi connectivity index (χ0v) is 17.2. The number of hydrogen-bond donors (Lipinski definition) is 2. The van der Waals surface area contributed by atoms with Crippen molar-refractivity contribution in [2.24, 2.45) is 10.9 Å². The van der Waals surface area contributed by atoms with Gasteiger partial charge in [0.1, 0.15) is 0 Å². The van der Waals surface area contributed by atoms with Crippen LogP contribution in [-0.4, -0.2) is 65.1 Å². The third kappa shape index (κ3) is 6.79. The fourth-order valence-electron chi connectivity index (χ4n) is 3.06. The summed E-state index contributed by atoms with van der Waals surface area (Å²) >= 11 is 0. The number of piperidine rings is 1. The van der Waals surface area contributed by atoms with Gasteiger partial charge in [0.05, 0.1) is 4.90 Å². The van der Waals surface area contributed by atoms with Gasteiger partial charge in [-0.05, 0) is 44.2 Å². The number of methoxy groups -OCH3 is 1. The molecule has 0 unspecified atom stereocenters. The fraction of sp³-hybridized carbons (Fsp3) is 0.632. The quantitative estimate of drug-likeness (QED) is 0.377. The first-order valence-electron chi connectivity index (χ1n) is 9.64. The number of benzene rings is 1. The minimum atomic E-state index is -3.38. The lowest BCUT2D eigenvalue weighted by atomic mass is 9.98. The lowest BCUT2D eigenvalue weighted by molar-refractivity contribution is 0.195. The number of nitrogens with one attached hydrogen (secondary N) is 2. The van der Waals surface area contributed by atoms with Gasteiger partial charge >= 0.3 is 0 Å². The highest BCUT2D eigenvalue weighted by molar-refractivity contribution is 7.89. The highest BCUT2D eigenvalue weighted by Gasteiger charge is 2.29. The van der Waals surface area contributed by atoms with Crippen LogP contribution in [0.5, 0.6) is 0 Å². The van der Waals surface area contributed by atoms with Crippen LogP contribution < -0.4 is 10.6 Å². The van der Waals surface area contributed by atoms with Crippen molar-refractivity contribution < 1.29 is 13.2 Å². The second-order valence-corrected chi connectivity index (χ2v) is 8.59. The van der Waals surface area contributed by atoms with E-state index in [1.165, 1.54) is 0 Å². The highest BCUT2D eigenvalue weighted by Crippen LogP contribution is 2.23. The van der Waals surface area contributed by atoms with E-state index >= 15 is 0 Å². The summed E-state index contributed by atoms with van der Waals surface area (Å²) in [5.74, 6) is 1.22. The molecule has 0 radical (unpaired) electrons. The molecule has 2 N–H and O–H groups in total. The van der Waals surface area contributed by atoms with Crippen molar-refractivity contribution in [1.29, 1.82) is 0 Å². The normalized spacial score (nSPS) is 17.0. The molecule has 0 saturated carbocycles. The molecule has 1 aromatic carbocycles. The molecule has 7 nitrogen and oxygen atoms in total. The minimum Gasteiger partial charge on any atom is -0.385 e. The number of ether oxygens (including phenoxy) is 1. The van der Waals surface area contributed by atoms with Gasteiger partial charge in [-0.15, -0.1) is 0 Å². The van der Waals surface area contributed by atoms with Gasteiger partial charge in [0, 0.05) is 46.4 Å². The van der Waals surface area contributed by atoms with E-state index in [9.17, 15) is 8.42 Å². The van der Waals surface area contributed by atoms with Crippen LogP contribution in [0.3, 0.4) is 0 Å². The van der Waals surface area contributed by atoms with E-state index in [0.717, 1.165) is 44.9 Å². The lowest BCUT2D eigenvalue weighted by Gasteiger charge is -2.30. The van der Waals surface area contributed by atoms with E-state index in [4.69, 9.17) is 4.74 Å². The topological polar surface area (TPSA) is 83.0 Å². The maximum absolute atomic E-state index is 12.7. The fourth-order valence-corrected chi connectivity index (χ4v) is 4.55. The molecular weight excluding hydrogens is 364 g/mol. The number of guanidine groups is 1. The summed E-state index contributed by atoms with van der Waals surface area (Å²) in [6.45, 7) is 6.20. The van der Waals surface area contributed by atoms with E-state index < -0.39 is 10.0 Å². The van der Waals surface area contributed by atoms with Gasteiger partial charge in [-0.3, -0.25) is 4.99 Å². The smallest absolute Gasteiger partial charge is 0.243 e. The molecule has 0 aliphatic carbocycles. The molecule has 0 aromatic heterocycles. The number of hydrogen-bond acceptors (Lipinski definition) is 4. The maximum Gasteiger partial charge on any atom is 0.243 e. The molecule has 1 heterocycles. The molecule has 1 saturated heterocycles. The molecule has 0 amide bonds. The number of rotatable bonds is 9. The predicted octanol–water partition coefficient (Wildman–Crippen LogP) is 1.68. The standard InChI is InChI=1S/C19H32N4O3S/c1-3-20-19(21-12-7-15-26-2)22-16-17-10-13-23(14-11-17)27(24,25)18-8-5-4-6-9-18/h4-6,8-9,17H,3,7,10-16H2,1-2H3,(H2,20,21,22). The molecule has 0 spiro atoms. The van der Waals surface area contributed by atoms with Crippen molar-refractivity contribution >= 4 is 16.0 Å². The molecule has 152 valence electrons. The molecule has 0 atom stereocenters. The third-order valence-electron chi connectivity index (χ3n) is 4.62. The Morgan fingerprint density at radius 3 is 2.56 bits per heavy atom. The van der Waals surface area contributed by atoms with Gasteiger partial charge in [0.15, 0.2) is 5.96 Å². The van der Waals surface area contributed by atoms with Crippen molar-refractivity contribution in [3.8, 4) is 0 Å². The monoisotopic (exact) mass is 396 g/mol. The summed E-state index contributed by atoms with van der Waals surface area (Å²) in [4.78, 5) is 5.04. The van der Waals surface area contributed by atoms with E-state index in [1.807, 2.05) is 13.0 Å². The number of nitrogens with zero attached hydrogens (tertiary/aromatic N) is 2. The summed E-state index contributed by atoms with van der Waals surface area (Å²) < 4.78 is 32.0. The largest absolute Gasteiger partial charge is 0.385 e. The second kappa shape index (κ2) is 11.3. The molecule has 1 aromatic rings. The van der Waals surface area contributed by atoms with Crippen LogP contribution in [0.15, 0.2) is 40.2 Å². The number of sulfonamides is 1. The van der Waals surface area contributed by atoms with E-state index in [0.29, 0.717) is 30.4 Å². The van der Waals surface area contributed by atoms with Crippen molar-refractivity contribution in [3.63, 3.8) is 0 Å². The Bertz CT molecular complexity index is 671. The molecule has 2 rings (SSSR count). The summed E-state index contributed by atoms with van der Waals surface area (Å²) in [5, 5.41) is 6.55. The molecule has 1 fully saturated rings. The van der Waals surface area contributed by atoms with Crippen LogP contribution in [0, 0.1) is 5.92 Å². The van der Waals surface area contributed by atoms with Crippen molar-refractivity contribution in [2.75, 3.05) is 46.4 Å². The van der Waals surface area contributed by atoms with Crippen LogP contribution in [0.2, 0.25) is 0 Å². The first-order valence-corrected chi connectivity index (χ1v) is 11.1. The molecule has 8 heteroatoms. The third-order valence-corrected chi connectivity index (χ3v) is 6.54. The highest BCUT2D eigenvalue weighted by atomic mass is 32.2. The van der Waals surface area contributed by atoms with Gasteiger partial charge in [0.2, 0.25) is 10.0 Å². The average Bonchev–Trinajstić information content (AvgIpc) is 2.70. The Morgan fingerprint density at radius 2 is 1.93 bits per heavy atom. The maximum atomic E-state index is 12.7. The Labute approximate surface area is 163 Å². The van der Waals surface area contributed by atoms with Crippen molar-refractivity contribution in [2.45, 2.75) is 31.1 Å². The zero-order chi connectivity index (χ0) is 19.5. The van der Waals surface area contributed by atoms with Gasteiger partial charge in [-0.25, -0.2) is 8.42 Å². The summed E-state index contributed by atoms with van der Waals surface area (Å²) in [6, 6.07) is 8.66. The van der Waals surface area contributed by atoms with E-state index in [1.54, 1.807) is 35.7 Å². The van der Waals surface area contributed by atoms with Crippen LogP contribution in [0.4, 0.5) is 0 Å². The van der Waals surface area contributed by atoms with Crippen LogP contribution in [-0.2, 0) is 14.8 Å². The molecular formula is C19H32N4O3S. The first-order chi connectivity index (χ1) is 13.1. The Balaban J connectivity index is 1.83. The predicted molar refractivity (Wildman–Crippen MR) is 108 cm³/mol. The summed E-state index contributed by atoms with van der Waals surface area (Å²) in [5.41, 5.74) is 0. The van der Waals surface area contributed by atoms with Crippen LogP contribution in [0.1, 0.15) is 26.2 Å². The Hall–Kier alpha value is -1.64. The molecule has 27 heavy (non-hydrogen) atoms. The first kappa shape index (κ1) is 21.7. The van der Waals surface area contributed by atoms with Gasteiger partial charge in [0.25, 0.3) is 0 Å². The van der Waals surface area contributed by atoms with Crippen LogP contribution >= 0.6 is 0 Å². The van der Waals surface area contributed by atoms with Gasteiger partial charge in [-0.2, -0.15) is 4.31 Å². The Kier molecular flexibility index (Phi) is 9.03. The number of aliphatic imine (C=N–C) groups is 1. The Morgan fingerprint density at radius 1 is 1.22 bits per heavy atom. The molecule has 1 aliphatic heterocycles. The average molecular weight is 397 g/mol. The van der Waals surface area contributed by atoms with Crippen molar-refractivity contribution in [1.82, 2.24) is 14.9 Å². The van der Waals surface area contributed by atoms with Crippen molar-refractivity contribution in [3.05, 3.63) is 30.3 Å². The van der Waals surface area contributed by atoms with Gasteiger partial charge in [-0.1, -0.05) is 18.2 Å². The summed E-state index contributed by atoms with van der Waals surface area (Å²) in [6.07, 6.45) is 2.59. The molecule has 1 aliphatic rings. The minimum absolute atomic E-state index is 0.371. The molecule has 0 bridgehead atoms. The SMILES string of the molecule is CCNC(=NCC1CCN(S(=O)(=O)c2ccccc2)CC1)NCCCOC. The lowest BCUT2D eigenvalue weighted by Crippen LogP contribution is -2.40. The summed E-state index contributed by atoms with van der Waals surface area (Å²) in [7, 11) is -1.68. The van der Waals surface area contributed by atoms with Crippen LogP contribution in [0.25, 0.3) is 0 Å². The van der Waals surface area contributed by atoms with E-state index in [-0.39, 0.29) is 0 Å². The van der Waals surface area contributed by atoms with E-state index in [2.05, 4.69) is 15.6 Å². The second-order valence-electron chi connectivity index (χ2n) is 6.65.